The summed E-state index contributed by atoms with van der Waals surface area (Å²) in [6.07, 6.45) is 4.35. The van der Waals surface area contributed by atoms with Crippen LogP contribution < -0.4 is 5.32 Å². The molecule has 7 heteroatoms. The third-order valence-corrected chi connectivity index (χ3v) is 4.76. The summed E-state index contributed by atoms with van der Waals surface area (Å²) >= 11 is 0. The number of nitrogens with zero attached hydrogens (tertiary/aromatic N) is 3. The smallest absolute Gasteiger partial charge is 0.318 e. The van der Waals surface area contributed by atoms with Crippen molar-refractivity contribution in [2.45, 2.75) is 45.6 Å². The van der Waals surface area contributed by atoms with Gasteiger partial charge in [0.15, 0.2) is 5.82 Å². The first-order valence-electron chi connectivity index (χ1n) is 8.01. The molecule has 2 saturated heterocycles. The number of likely N-dealkylation sites (tertiary alicyclic amines) is 1. The summed E-state index contributed by atoms with van der Waals surface area (Å²) in [6.45, 7) is 6.88. The Balaban J connectivity index is 1.59. The van der Waals surface area contributed by atoms with E-state index in [9.17, 15) is 4.79 Å². The number of carbonyl (C=O) groups is 1. The number of rotatable bonds is 2. The second-order valence-corrected chi connectivity index (χ2v) is 6.49. The van der Waals surface area contributed by atoms with E-state index in [4.69, 9.17) is 9.26 Å². The maximum Gasteiger partial charge on any atom is 0.318 e. The molecule has 0 radical (unpaired) electrons. The Hall–Kier alpha value is -1.63. The third-order valence-electron chi connectivity index (χ3n) is 4.76. The van der Waals surface area contributed by atoms with E-state index in [-0.39, 0.29) is 17.5 Å². The number of aromatic nitrogens is 2. The van der Waals surface area contributed by atoms with E-state index in [1.807, 2.05) is 11.8 Å². The minimum absolute atomic E-state index is 0.0473. The minimum Gasteiger partial charge on any atom is -0.381 e. The Labute approximate surface area is 130 Å². The quantitative estimate of drug-likeness (QED) is 0.904. The summed E-state index contributed by atoms with van der Waals surface area (Å²) in [5.74, 6) is 1.03. The van der Waals surface area contributed by atoms with Gasteiger partial charge in [0.1, 0.15) is 6.04 Å². The normalized spacial score (nSPS) is 22.5. The molecule has 2 aliphatic rings. The van der Waals surface area contributed by atoms with Gasteiger partial charge >= 0.3 is 6.03 Å². The van der Waals surface area contributed by atoms with Crippen LogP contribution in [0.1, 0.15) is 50.4 Å². The molecule has 1 atom stereocenters. The molecule has 1 spiro atoms. The van der Waals surface area contributed by atoms with Crippen molar-refractivity contribution in [1.82, 2.24) is 20.4 Å². The second-order valence-electron chi connectivity index (χ2n) is 6.49. The number of urea groups is 1. The molecule has 0 bridgehead atoms. The van der Waals surface area contributed by atoms with Gasteiger partial charge in [0.05, 0.1) is 0 Å². The van der Waals surface area contributed by atoms with Crippen molar-refractivity contribution in [1.29, 1.82) is 0 Å². The summed E-state index contributed by atoms with van der Waals surface area (Å²) in [4.78, 5) is 18.6. The van der Waals surface area contributed by atoms with Crippen LogP contribution in [0.3, 0.4) is 0 Å². The lowest BCUT2D eigenvalue weighted by atomic mass is 9.74. The van der Waals surface area contributed by atoms with Crippen LogP contribution in [0.5, 0.6) is 0 Å². The molecule has 7 nitrogen and oxygen atoms in total. The highest BCUT2D eigenvalue weighted by Gasteiger charge is 2.38. The zero-order valence-electron chi connectivity index (χ0n) is 13.3. The molecule has 0 aliphatic carbocycles. The van der Waals surface area contributed by atoms with Crippen LogP contribution in [0.4, 0.5) is 4.79 Å². The number of hydrogen-bond acceptors (Lipinski definition) is 5. The van der Waals surface area contributed by atoms with Crippen molar-refractivity contribution in [2.24, 2.45) is 5.41 Å². The van der Waals surface area contributed by atoms with Gasteiger partial charge in [0.2, 0.25) is 5.89 Å². The molecular formula is C15H24N4O3. The van der Waals surface area contributed by atoms with Crippen molar-refractivity contribution < 1.29 is 14.1 Å². The highest BCUT2D eigenvalue weighted by atomic mass is 16.5. The average molecular weight is 308 g/mol. The molecule has 2 fully saturated rings. The lowest BCUT2D eigenvalue weighted by Gasteiger charge is -2.45. The van der Waals surface area contributed by atoms with Crippen LogP contribution in [-0.4, -0.2) is 47.4 Å². The van der Waals surface area contributed by atoms with Crippen LogP contribution in [0, 0.1) is 12.3 Å². The van der Waals surface area contributed by atoms with Crippen LogP contribution in [0.15, 0.2) is 4.52 Å². The van der Waals surface area contributed by atoms with E-state index in [0.29, 0.717) is 11.7 Å². The number of aryl methyl sites for hydroxylation is 1. The van der Waals surface area contributed by atoms with Gasteiger partial charge in [-0.1, -0.05) is 5.16 Å². The predicted octanol–water partition coefficient (Wildman–Crippen LogP) is 2.04. The molecule has 1 aromatic rings. The van der Waals surface area contributed by atoms with E-state index in [1.165, 1.54) is 6.42 Å². The van der Waals surface area contributed by atoms with Crippen molar-refractivity contribution in [3.8, 4) is 0 Å². The summed E-state index contributed by atoms with van der Waals surface area (Å²) in [5, 5.41) is 6.72. The molecule has 0 aromatic carbocycles. The van der Waals surface area contributed by atoms with Crippen LogP contribution in [0.2, 0.25) is 0 Å². The van der Waals surface area contributed by atoms with Gasteiger partial charge in [-0.05, 0) is 44.9 Å². The molecule has 1 aromatic heterocycles. The summed E-state index contributed by atoms with van der Waals surface area (Å²) in [7, 11) is 0. The molecule has 0 unspecified atom stereocenters. The Morgan fingerprint density at radius 1 is 1.36 bits per heavy atom. The molecular weight excluding hydrogens is 284 g/mol. The standard InChI is InChI=1S/C15H24N4O3/c1-11(13-17-12(2)18-22-13)16-14(20)19-7-3-4-15(10-19)5-8-21-9-6-15/h11H,3-10H2,1-2H3,(H,16,20)/t11-/m0/s1. The van der Waals surface area contributed by atoms with Gasteiger partial charge < -0.3 is 19.5 Å². The first-order chi connectivity index (χ1) is 10.6. The van der Waals surface area contributed by atoms with Crippen LogP contribution in [-0.2, 0) is 4.74 Å². The van der Waals surface area contributed by atoms with E-state index in [2.05, 4.69) is 15.5 Å². The van der Waals surface area contributed by atoms with E-state index in [0.717, 1.165) is 45.6 Å². The van der Waals surface area contributed by atoms with E-state index < -0.39 is 0 Å². The first kappa shape index (κ1) is 15.3. The number of nitrogens with one attached hydrogen (secondary N) is 1. The minimum atomic E-state index is -0.277. The van der Waals surface area contributed by atoms with Gasteiger partial charge in [0, 0.05) is 26.3 Å². The molecule has 2 aliphatic heterocycles. The van der Waals surface area contributed by atoms with Gasteiger partial charge in [-0.15, -0.1) is 0 Å². The topological polar surface area (TPSA) is 80.5 Å². The maximum absolute atomic E-state index is 12.5. The monoisotopic (exact) mass is 308 g/mol. The molecule has 1 N–H and O–H groups in total. The predicted molar refractivity (Wildman–Crippen MR) is 79.3 cm³/mol. The molecule has 0 saturated carbocycles. The third kappa shape index (κ3) is 3.24. The fraction of sp³-hybridized carbons (Fsp3) is 0.800. The van der Waals surface area contributed by atoms with Crippen molar-refractivity contribution in [3.05, 3.63) is 11.7 Å². The number of amides is 2. The SMILES string of the molecule is Cc1noc([C@H](C)NC(=O)N2CCCC3(CCOCC3)C2)n1. The number of hydrogen-bond donors (Lipinski definition) is 1. The summed E-state index contributed by atoms with van der Waals surface area (Å²) < 4.78 is 10.6. The molecule has 2 amide bonds. The van der Waals surface area contributed by atoms with Crippen molar-refractivity contribution in [2.75, 3.05) is 26.3 Å². The number of ether oxygens (including phenoxy) is 1. The Bertz CT molecular complexity index is 519. The Morgan fingerprint density at radius 2 is 2.14 bits per heavy atom. The summed E-state index contributed by atoms with van der Waals surface area (Å²) in [6, 6.07) is -0.324. The lowest BCUT2D eigenvalue weighted by Crippen LogP contribution is -2.51. The number of carbonyl (C=O) groups excluding carboxylic acids is 1. The molecule has 3 heterocycles. The average Bonchev–Trinajstić information content (AvgIpc) is 2.95. The first-order valence-corrected chi connectivity index (χ1v) is 8.01. The largest absolute Gasteiger partial charge is 0.381 e. The zero-order valence-corrected chi connectivity index (χ0v) is 13.3. The Kier molecular flexibility index (Phi) is 4.33. The molecule has 122 valence electrons. The Morgan fingerprint density at radius 3 is 2.82 bits per heavy atom. The highest BCUT2D eigenvalue weighted by Crippen LogP contribution is 2.39. The maximum atomic E-state index is 12.5. The fourth-order valence-electron chi connectivity index (χ4n) is 3.42. The van der Waals surface area contributed by atoms with Gasteiger partial charge in [-0.2, -0.15) is 4.98 Å². The van der Waals surface area contributed by atoms with Gasteiger partial charge in [0.25, 0.3) is 0 Å². The molecule has 3 rings (SSSR count). The highest BCUT2D eigenvalue weighted by molar-refractivity contribution is 5.74. The van der Waals surface area contributed by atoms with E-state index in [1.54, 1.807) is 6.92 Å². The van der Waals surface area contributed by atoms with Crippen LogP contribution >= 0.6 is 0 Å². The summed E-state index contributed by atoms with van der Waals surface area (Å²) in [5.41, 5.74) is 0.248. The van der Waals surface area contributed by atoms with Gasteiger partial charge in [-0.25, -0.2) is 4.79 Å². The van der Waals surface area contributed by atoms with Crippen LogP contribution in [0.25, 0.3) is 0 Å². The van der Waals surface area contributed by atoms with Crippen molar-refractivity contribution >= 4 is 6.03 Å². The van der Waals surface area contributed by atoms with Gasteiger partial charge in [-0.3, -0.25) is 0 Å². The van der Waals surface area contributed by atoms with E-state index >= 15 is 0 Å². The van der Waals surface area contributed by atoms with Crippen molar-refractivity contribution in [3.63, 3.8) is 0 Å². The lowest BCUT2D eigenvalue weighted by molar-refractivity contribution is -0.0188. The second kappa shape index (κ2) is 6.24. The fourth-order valence-corrected chi connectivity index (χ4v) is 3.42. The number of piperidine rings is 1. The molecule has 22 heavy (non-hydrogen) atoms. The zero-order chi connectivity index (χ0) is 15.6.